The first-order chi connectivity index (χ1) is 14.2. The molecule has 160 valence electrons. The van der Waals surface area contributed by atoms with E-state index in [4.69, 9.17) is 11.6 Å². The van der Waals surface area contributed by atoms with Gasteiger partial charge in [-0.1, -0.05) is 11.6 Å². The average Bonchev–Trinajstić information content (AvgIpc) is 2.71. The van der Waals surface area contributed by atoms with Crippen molar-refractivity contribution >= 4 is 39.3 Å². The lowest BCUT2D eigenvalue weighted by Crippen LogP contribution is -2.62. The molecule has 1 aliphatic heterocycles. The lowest BCUT2D eigenvalue weighted by atomic mass is 10.1. The number of aromatic nitrogens is 2. The highest BCUT2D eigenvalue weighted by Gasteiger charge is 2.42. The molecule has 1 fully saturated rings. The Morgan fingerprint density at radius 3 is 2.77 bits per heavy atom. The molecule has 2 unspecified atom stereocenters. The van der Waals surface area contributed by atoms with Gasteiger partial charge in [-0.15, -0.1) is 0 Å². The third-order valence-electron chi connectivity index (χ3n) is 4.43. The van der Waals surface area contributed by atoms with E-state index in [1.54, 1.807) is 0 Å². The van der Waals surface area contributed by atoms with Crippen LogP contribution in [0.3, 0.4) is 0 Å². The van der Waals surface area contributed by atoms with Crippen LogP contribution in [0.4, 0.5) is 10.1 Å². The van der Waals surface area contributed by atoms with Crippen LogP contribution in [0.15, 0.2) is 36.8 Å². The maximum atomic E-state index is 13.3. The summed E-state index contributed by atoms with van der Waals surface area (Å²) >= 11 is 5.70. The van der Waals surface area contributed by atoms with Crippen LogP contribution in [0.1, 0.15) is 12.1 Å². The number of nitrogens with zero attached hydrogens (tertiary/aromatic N) is 3. The molecule has 13 heteroatoms. The van der Waals surface area contributed by atoms with E-state index < -0.39 is 39.9 Å². The Kier molecular flexibility index (Phi) is 6.61. The van der Waals surface area contributed by atoms with Gasteiger partial charge in [0.1, 0.15) is 17.9 Å². The van der Waals surface area contributed by atoms with Crippen LogP contribution in [0, 0.1) is 5.82 Å². The molecule has 1 aromatic heterocycles. The second kappa shape index (κ2) is 9.00. The van der Waals surface area contributed by atoms with Gasteiger partial charge in [-0.25, -0.2) is 4.39 Å². The molecule has 0 bridgehead atoms. The van der Waals surface area contributed by atoms with Crippen LogP contribution in [0.25, 0.3) is 0 Å². The first-order valence-electron chi connectivity index (χ1n) is 8.71. The molecule has 3 rings (SSSR count). The number of likely N-dealkylation sites (N-methyl/N-ethyl adjacent to an activating group) is 1. The largest absolute Gasteiger partial charge is 0.349 e. The number of benzene rings is 1. The fraction of sp³-hybridized carbons (Fsp3) is 0.294. The van der Waals surface area contributed by atoms with Crippen molar-refractivity contribution in [3.63, 3.8) is 0 Å². The van der Waals surface area contributed by atoms with E-state index in [9.17, 15) is 22.4 Å². The zero-order chi connectivity index (χ0) is 21.9. The van der Waals surface area contributed by atoms with Gasteiger partial charge in [0.15, 0.2) is 0 Å². The highest BCUT2D eigenvalue weighted by atomic mass is 35.5. The maximum Gasteiger partial charge on any atom is 0.280 e. The molecule has 1 aliphatic rings. The van der Waals surface area contributed by atoms with Gasteiger partial charge in [0, 0.05) is 25.1 Å². The van der Waals surface area contributed by atoms with Gasteiger partial charge in [-0.3, -0.25) is 19.6 Å². The molecule has 2 amide bonds. The summed E-state index contributed by atoms with van der Waals surface area (Å²) in [5, 5.41) is 4.86. The highest BCUT2D eigenvalue weighted by Crippen LogP contribution is 2.22. The quantitative estimate of drug-likeness (QED) is 0.597. The second-order valence-electron chi connectivity index (χ2n) is 6.48. The van der Waals surface area contributed by atoms with Crippen molar-refractivity contribution in [2.24, 2.45) is 0 Å². The standard InChI is InChI=1S/C17H18ClFN6O4S/c1-25-15(17(27)23-10-2-3-13(19)12(18)6-10)7-14(24-30(25,28)29)16(26)22-9-11-8-20-4-5-21-11/h2-6,8,14-15,24H,7,9H2,1H3,(H,22,26)(H,23,27). The third-order valence-corrected chi connectivity index (χ3v) is 6.32. The molecule has 30 heavy (non-hydrogen) atoms. The van der Waals surface area contributed by atoms with Crippen molar-refractivity contribution in [3.05, 3.63) is 53.3 Å². The predicted octanol–water partition coefficient (Wildman–Crippen LogP) is 0.431. The summed E-state index contributed by atoms with van der Waals surface area (Å²) in [5.74, 6) is -1.95. The van der Waals surface area contributed by atoms with Crippen molar-refractivity contribution < 1.29 is 22.4 Å². The zero-order valence-corrected chi connectivity index (χ0v) is 17.2. The minimum atomic E-state index is -4.09. The highest BCUT2D eigenvalue weighted by molar-refractivity contribution is 7.87. The number of hydrogen-bond donors (Lipinski definition) is 3. The first-order valence-corrected chi connectivity index (χ1v) is 10.5. The third kappa shape index (κ3) is 5.08. The SMILES string of the molecule is CN1C(C(=O)Nc2ccc(F)c(Cl)c2)CC(C(=O)NCc2cnccn2)NS1(=O)=O. The number of amides is 2. The lowest BCUT2D eigenvalue weighted by Gasteiger charge is -2.35. The van der Waals surface area contributed by atoms with Crippen LogP contribution < -0.4 is 15.4 Å². The van der Waals surface area contributed by atoms with E-state index in [0.29, 0.717) is 5.69 Å². The molecule has 1 saturated heterocycles. The number of rotatable bonds is 5. The molecule has 0 spiro atoms. The number of halogens is 2. The summed E-state index contributed by atoms with van der Waals surface area (Å²) in [6, 6.07) is 1.22. The second-order valence-corrected chi connectivity index (χ2v) is 8.64. The number of carbonyl (C=O) groups excluding carboxylic acids is 2. The smallest absolute Gasteiger partial charge is 0.280 e. The van der Waals surface area contributed by atoms with Crippen molar-refractivity contribution in [2.75, 3.05) is 12.4 Å². The summed E-state index contributed by atoms with van der Waals surface area (Å²) in [4.78, 5) is 33.0. The van der Waals surface area contributed by atoms with E-state index >= 15 is 0 Å². The van der Waals surface area contributed by atoms with E-state index in [-0.39, 0.29) is 23.7 Å². The van der Waals surface area contributed by atoms with E-state index in [0.717, 1.165) is 10.4 Å². The predicted molar refractivity (Wildman–Crippen MR) is 106 cm³/mol. The van der Waals surface area contributed by atoms with Gasteiger partial charge < -0.3 is 10.6 Å². The Balaban J connectivity index is 1.71. The van der Waals surface area contributed by atoms with Crippen LogP contribution in [-0.2, 0) is 26.3 Å². The van der Waals surface area contributed by atoms with E-state index in [1.807, 2.05) is 0 Å². The minimum absolute atomic E-state index is 0.0473. The van der Waals surface area contributed by atoms with Crippen LogP contribution in [0.5, 0.6) is 0 Å². The van der Waals surface area contributed by atoms with Gasteiger partial charge in [0.05, 0.1) is 23.5 Å². The van der Waals surface area contributed by atoms with Gasteiger partial charge in [-0.05, 0) is 24.6 Å². The van der Waals surface area contributed by atoms with Crippen LogP contribution in [-0.4, -0.2) is 53.6 Å². The topological polar surface area (TPSA) is 133 Å². The summed E-state index contributed by atoms with van der Waals surface area (Å²) in [5.41, 5.74) is 0.684. The Labute approximate surface area is 177 Å². The van der Waals surface area contributed by atoms with Crippen LogP contribution >= 0.6 is 11.6 Å². The number of carbonyl (C=O) groups is 2. The molecule has 2 aromatic rings. The first kappa shape index (κ1) is 22.0. The molecule has 1 aromatic carbocycles. The fourth-order valence-corrected chi connectivity index (χ4v) is 4.23. The Hall–Kier alpha value is -2.67. The van der Waals surface area contributed by atoms with Crippen molar-refractivity contribution in [1.29, 1.82) is 0 Å². The molecular weight excluding hydrogens is 439 g/mol. The molecule has 2 atom stereocenters. The van der Waals surface area contributed by atoms with Crippen molar-refractivity contribution in [2.45, 2.75) is 25.0 Å². The summed E-state index contributed by atoms with van der Waals surface area (Å²) < 4.78 is 41.2. The van der Waals surface area contributed by atoms with Crippen molar-refractivity contribution in [1.82, 2.24) is 24.3 Å². The Bertz CT molecular complexity index is 1060. The minimum Gasteiger partial charge on any atom is -0.349 e. The lowest BCUT2D eigenvalue weighted by molar-refractivity contribution is -0.124. The maximum absolute atomic E-state index is 13.3. The summed E-state index contributed by atoms with van der Waals surface area (Å²) in [6.07, 6.45) is 4.28. The molecular formula is C17H18ClFN6O4S. The normalized spacial score (nSPS) is 21.0. The summed E-state index contributed by atoms with van der Waals surface area (Å²) in [7, 11) is -2.87. The average molecular weight is 457 g/mol. The molecule has 0 saturated carbocycles. The number of hydrogen-bond acceptors (Lipinski definition) is 6. The van der Waals surface area contributed by atoms with E-state index in [2.05, 4.69) is 25.3 Å². The summed E-state index contributed by atoms with van der Waals surface area (Å²) in [6.45, 7) is 0.0473. The van der Waals surface area contributed by atoms with Gasteiger partial charge in [0.2, 0.25) is 11.8 Å². The number of anilines is 1. The fourth-order valence-electron chi connectivity index (χ4n) is 2.80. The zero-order valence-electron chi connectivity index (χ0n) is 15.7. The molecule has 3 N–H and O–H groups in total. The Morgan fingerprint density at radius 2 is 2.10 bits per heavy atom. The molecule has 0 radical (unpaired) electrons. The Morgan fingerprint density at radius 1 is 1.33 bits per heavy atom. The van der Waals surface area contributed by atoms with Gasteiger partial charge in [0.25, 0.3) is 10.2 Å². The monoisotopic (exact) mass is 456 g/mol. The number of nitrogens with one attached hydrogen (secondary N) is 3. The van der Waals surface area contributed by atoms with E-state index in [1.165, 1.54) is 37.8 Å². The van der Waals surface area contributed by atoms with Gasteiger partial charge >= 0.3 is 0 Å². The molecule has 0 aliphatic carbocycles. The van der Waals surface area contributed by atoms with Crippen LogP contribution in [0.2, 0.25) is 5.02 Å². The molecule has 10 nitrogen and oxygen atoms in total. The van der Waals surface area contributed by atoms with Gasteiger partial charge in [-0.2, -0.15) is 17.4 Å². The molecule has 2 heterocycles. The van der Waals surface area contributed by atoms with Crippen molar-refractivity contribution in [3.8, 4) is 0 Å².